The van der Waals surface area contributed by atoms with E-state index in [4.69, 9.17) is 4.74 Å². The number of pyridine rings is 1. The molecule has 0 radical (unpaired) electrons. The van der Waals surface area contributed by atoms with Gasteiger partial charge >= 0.3 is 5.97 Å². The fraction of sp³-hybridized carbons (Fsp3) is 0.577. The lowest BCUT2D eigenvalue weighted by Gasteiger charge is -2.37. The van der Waals surface area contributed by atoms with Crippen molar-refractivity contribution in [3.05, 3.63) is 51.1 Å². The number of H-pyrrole nitrogens is 1. The van der Waals surface area contributed by atoms with Gasteiger partial charge in [-0.3, -0.25) is 14.5 Å². The van der Waals surface area contributed by atoms with Crippen LogP contribution in [0.4, 0.5) is 0 Å². The Hall–Kier alpha value is -3.07. The van der Waals surface area contributed by atoms with Gasteiger partial charge in [0.15, 0.2) is 5.82 Å². The van der Waals surface area contributed by atoms with Crippen LogP contribution in [-0.4, -0.2) is 48.7 Å². The predicted molar refractivity (Wildman–Crippen MR) is 134 cm³/mol. The van der Waals surface area contributed by atoms with Crippen LogP contribution in [0.25, 0.3) is 10.9 Å². The van der Waals surface area contributed by atoms with E-state index in [2.05, 4.69) is 59.2 Å². The molecular weight excluding hydrogens is 444 g/mol. The molecule has 9 nitrogen and oxygen atoms in total. The molecule has 1 unspecified atom stereocenters. The zero-order valence-corrected chi connectivity index (χ0v) is 21.4. The number of nitrogens with one attached hydrogen (secondary N) is 1. The molecule has 1 saturated carbocycles. The van der Waals surface area contributed by atoms with Crippen molar-refractivity contribution in [2.45, 2.75) is 85.5 Å². The van der Waals surface area contributed by atoms with Gasteiger partial charge in [0.1, 0.15) is 6.54 Å². The maximum Gasteiger partial charge on any atom is 0.327 e. The molecule has 0 saturated heterocycles. The molecule has 0 amide bonds. The molecule has 188 valence electrons. The molecular formula is C26H36N6O3. The number of hydrogen-bond acceptors (Lipinski definition) is 7. The number of tetrazole rings is 1. The summed E-state index contributed by atoms with van der Waals surface area (Å²) in [4.78, 5) is 30.8. The highest BCUT2D eigenvalue weighted by molar-refractivity contribution is 5.80. The Morgan fingerprint density at radius 3 is 2.60 bits per heavy atom. The van der Waals surface area contributed by atoms with Crippen LogP contribution >= 0.6 is 0 Å². The van der Waals surface area contributed by atoms with E-state index in [9.17, 15) is 9.59 Å². The van der Waals surface area contributed by atoms with Gasteiger partial charge in [-0.25, -0.2) is 4.68 Å². The van der Waals surface area contributed by atoms with Crippen LogP contribution in [0.15, 0.2) is 23.0 Å². The SMILES string of the molecule is CCOC(=O)Cn1nnnc1C(C(C)C)N(Cc1cc2cc(C)c(C)cc2[nH]c1=O)C1CCCC1. The van der Waals surface area contributed by atoms with Crippen molar-refractivity contribution >= 4 is 16.9 Å². The Morgan fingerprint density at radius 2 is 1.91 bits per heavy atom. The average Bonchev–Trinajstić information content (AvgIpc) is 3.48. The number of carbonyl (C=O) groups is 1. The molecule has 1 N–H and O–H groups in total. The molecule has 1 fully saturated rings. The van der Waals surface area contributed by atoms with Gasteiger partial charge < -0.3 is 9.72 Å². The number of aromatic amines is 1. The van der Waals surface area contributed by atoms with Crippen LogP contribution in [0.5, 0.6) is 0 Å². The van der Waals surface area contributed by atoms with Crippen LogP contribution < -0.4 is 5.56 Å². The monoisotopic (exact) mass is 480 g/mol. The number of hydrogen-bond donors (Lipinski definition) is 1. The first kappa shape index (κ1) is 25.0. The lowest BCUT2D eigenvalue weighted by Crippen LogP contribution is -2.41. The molecule has 1 aromatic carbocycles. The number of benzene rings is 1. The zero-order valence-electron chi connectivity index (χ0n) is 21.4. The van der Waals surface area contributed by atoms with E-state index in [1.54, 1.807) is 11.6 Å². The van der Waals surface area contributed by atoms with E-state index < -0.39 is 0 Å². The van der Waals surface area contributed by atoms with Crippen molar-refractivity contribution in [3.63, 3.8) is 0 Å². The smallest absolute Gasteiger partial charge is 0.327 e. The normalized spacial score (nSPS) is 15.4. The quantitative estimate of drug-likeness (QED) is 0.464. The highest BCUT2D eigenvalue weighted by atomic mass is 16.5. The number of esters is 1. The molecule has 1 atom stereocenters. The highest BCUT2D eigenvalue weighted by Gasteiger charge is 2.35. The van der Waals surface area contributed by atoms with Gasteiger partial charge in [-0.1, -0.05) is 26.7 Å². The Balaban J connectivity index is 1.73. The minimum atomic E-state index is -0.368. The molecule has 2 heterocycles. The van der Waals surface area contributed by atoms with Crippen molar-refractivity contribution in [3.8, 4) is 0 Å². The van der Waals surface area contributed by atoms with E-state index >= 15 is 0 Å². The van der Waals surface area contributed by atoms with E-state index in [0.29, 0.717) is 25.0 Å². The Bertz CT molecular complexity index is 1240. The van der Waals surface area contributed by atoms with Gasteiger partial charge in [0.25, 0.3) is 5.56 Å². The molecule has 1 aliphatic rings. The molecule has 0 bridgehead atoms. The minimum absolute atomic E-state index is 0.0346. The van der Waals surface area contributed by atoms with Gasteiger partial charge in [0, 0.05) is 23.7 Å². The summed E-state index contributed by atoms with van der Waals surface area (Å²) in [5.41, 5.74) is 3.86. The van der Waals surface area contributed by atoms with Crippen molar-refractivity contribution in [1.29, 1.82) is 0 Å². The Kier molecular flexibility index (Phi) is 7.64. The third-order valence-corrected chi connectivity index (χ3v) is 7.08. The second-order valence-corrected chi connectivity index (χ2v) is 9.95. The second kappa shape index (κ2) is 10.7. The third-order valence-electron chi connectivity index (χ3n) is 7.08. The summed E-state index contributed by atoms with van der Waals surface area (Å²) >= 11 is 0. The topological polar surface area (TPSA) is 106 Å². The van der Waals surface area contributed by atoms with Crippen molar-refractivity contribution in [2.75, 3.05) is 6.61 Å². The molecule has 3 aromatic rings. The third kappa shape index (κ3) is 5.45. The summed E-state index contributed by atoms with van der Waals surface area (Å²) in [6, 6.07) is 6.33. The fourth-order valence-electron chi connectivity index (χ4n) is 5.22. The van der Waals surface area contributed by atoms with Crippen LogP contribution in [0.2, 0.25) is 0 Å². The molecule has 1 aliphatic carbocycles. The lowest BCUT2D eigenvalue weighted by atomic mass is 9.97. The number of nitrogens with zero attached hydrogens (tertiary/aromatic N) is 5. The molecule has 0 aliphatic heterocycles. The van der Waals surface area contributed by atoms with Crippen molar-refractivity contribution in [1.82, 2.24) is 30.1 Å². The van der Waals surface area contributed by atoms with Crippen molar-refractivity contribution < 1.29 is 9.53 Å². The van der Waals surface area contributed by atoms with Crippen LogP contribution in [-0.2, 0) is 22.6 Å². The maximum atomic E-state index is 13.2. The molecule has 35 heavy (non-hydrogen) atoms. The summed E-state index contributed by atoms with van der Waals surface area (Å²) in [6.07, 6.45) is 4.44. The summed E-state index contributed by atoms with van der Waals surface area (Å²) < 4.78 is 6.67. The zero-order chi connectivity index (χ0) is 25.1. The molecule has 0 spiro atoms. The predicted octanol–water partition coefficient (Wildman–Crippen LogP) is 3.84. The Morgan fingerprint density at radius 1 is 1.20 bits per heavy atom. The number of fused-ring (bicyclic) bond motifs is 1. The van der Waals surface area contributed by atoms with Crippen LogP contribution in [0.1, 0.15) is 75.0 Å². The van der Waals surface area contributed by atoms with Gasteiger partial charge in [-0.05, 0) is 84.7 Å². The summed E-state index contributed by atoms with van der Waals surface area (Å²) in [6.45, 7) is 10.9. The van der Waals surface area contributed by atoms with E-state index in [1.807, 2.05) is 12.1 Å². The first-order chi connectivity index (χ1) is 16.8. The van der Waals surface area contributed by atoms with Gasteiger partial charge in [-0.2, -0.15) is 0 Å². The number of aromatic nitrogens is 5. The van der Waals surface area contributed by atoms with E-state index in [1.165, 1.54) is 5.56 Å². The largest absolute Gasteiger partial charge is 0.465 e. The first-order valence-electron chi connectivity index (χ1n) is 12.6. The number of rotatable bonds is 9. The van der Waals surface area contributed by atoms with Gasteiger partial charge in [-0.15, -0.1) is 5.10 Å². The fourth-order valence-corrected chi connectivity index (χ4v) is 5.22. The second-order valence-electron chi connectivity index (χ2n) is 9.95. The number of carbonyl (C=O) groups excluding carboxylic acids is 1. The number of aryl methyl sites for hydroxylation is 2. The highest BCUT2D eigenvalue weighted by Crippen LogP contribution is 2.36. The minimum Gasteiger partial charge on any atom is -0.465 e. The molecule has 4 rings (SSSR count). The summed E-state index contributed by atoms with van der Waals surface area (Å²) in [5, 5.41) is 13.4. The van der Waals surface area contributed by atoms with Crippen molar-refractivity contribution in [2.24, 2.45) is 5.92 Å². The van der Waals surface area contributed by atoms with Gasteiger partial charge in [0.05, 0.1) is 12.6 Å². The van der Waals surface area contributed by atoms with Crippen LogP contribution in [0, 0.1) is 19.8 Å². The maximum absolute atomic E-state index is 13.2. The summed E-state index contributed by atoms with van der Waals surface area (Å²) in [7, 11) is 0. The average molecular weight is 481 g/mol. The lowest BCUT2D eigenvalue weighted by molar-refractivity contribution is -0.144. The van der Waals surface area contributed by atoms with E-state index in [-0.39, 0.29) is 30.0 Å². The van der Waals surface area contributed by atoms with Crippen LogP contribution in [0.3, 0.4) is 0 Å². The number of ether oxygens (including phenoxy) is 1. The van der Waals surface area contributed by atoms with Gasteiger partial charge in [0.2, 0.25) is 0 Å². The molecule has 2 aromatic heterocycles. The summed E-state index contributed by atoms with van der Waals surface area (Å²) in [5.74, 6) is 0.420. The Labute approximate surface area is 205 Å². The van der Waals surface area contributed by atoms with E-state index in [0.717, 1.165) is 47.7 Å². The standard InChI is InChI=1S/C26H36N6O3/c1-6-35-23(33)15-32-25(28-29-30-32)24(16(2)3)31(21-9-7-8-10-21)14-20-13-19-11-17(4)18(5)12-22(19)27-26(20)34/h11-13,16,21,24H,6-10,14-15H2,1-5H3,(H,27,34). The molecule has 9 heteroatoms. The first-order valence-corrected chi connectivity index (χ1v) is 12.6.